The molecule has 8 aromatic carbocycles. The average Bonchev–Trinajstić information content (AvgIpc) is 3.83. The Bertz CT molecular complexity index is 3130. The smallest absolute Gasteiger partial charge is 0.0689 e. The largest absolute Gasteiger partial charge is 0.314 e. The number of hydrogen-bond donors (Lipinski definition) is 0. The van der Waals surface area contributed by atoms with Crippen LogP contribution in [0.15, 0.2) is 236 Å². The van der Waals surface area contributed by atoms with Crippen molar-refractivity contribution >= 4 is 22.5 Å². The molecule has 0 amide bonds. The van der Waals surface area contributed by atoms with Gasteiger partial charge in [0.25, 0.3) is 0 Å². The molecule has 8 aromatic rings. The van der Waals surface area contributed by atoms with Gasteiger partial charge in [0.15, 0.2) is 0 Å². The van der Waals surface area contributed by atoms with Gasteiger partial charge in [-0.15, -0.1) is 0 Å². The third-order valence-electron chi connectivity index (χ3n) is 13.7. The van der Waals surface area contributed by atoms with E-state index in [4.69, 9.17) is 0 Å². The molecule has 0 saturated carbocycles. The van der Waals surface area contributed by atoms with Crippen LogP contribution in [0.5, 0.6) is 0 Å². The van der Waals surface area contributed by atoms with Gasteiger partial charge >= 0.3 is 0 Å². The second kappa shape index (κ2) is 14.9. The molecule has 12 rings (SSSR count). The van der Waals surface area contributed by atoms with Crippen LogP contribution in [0.2, 0.25) is 0 Å². The van der Waals surface area contributed by atoms with Crippen LogP contribution < -0.4 is 4.90 Å². The van der Waals surface area contributed by atoms with Gasteiger partial charge in [-0.25, -0.2) is 0 Å². The van der Waals surface area contributed by atoms with Gasteiger partial charge in [-0.1, -0.05) is 194 Å². The number of anilines is 2. The first-order valence-corrected chi connectivity index (χ1v) is 22.1. The molecule has 0 aromatic heterocycles. The number of hydrogen-bond acceptors (Lipinski definition) is 1. The van der Waals surface area contributed by atoms with E-state index in [0.717, 1.165) is 37.1 Å². The summed E-state index contributed by atoms with van der Waals surface area (Å²) in [5, 5.41) is 0. The second-order valence-electron chi connectivity index (χ2n) is 17.0. The summed E-state index contributed by atoms with van der Waals surface area (Å²) in [4.78, 5) is 2.46. The molecular weight excluding hydrogens is 747 g/mol. The Labute approximate surface area is 365 Å². The third-order valence-corrected chi connectivity index (χ3v) is 13.7. The Kier molecular flexibility index (Phi) is 8.75. The molecule has 1 unspecified atom stereocenters. The van der Waals surface area contributed by atoms with Crippen LogP contribution in [0.4, 0.5) is 11.4 Å². The Hall–Kier alpha value is -7.48. The number of rotatable bonds is 7. The van der Waals surface area contributed by atoms with Crippen molar-refractivity contribution in [3.63, 3.8) is 0 Å². The lowest BCUT2D eigenvalue weighted by Gasteiger charge is -2.33. The minimum Gasteiger partial charge on any atom is -0.314 e. The molecule has 294 valence electrons. The lowest BCUT2D eigenvalue weighted by atomic mass is 9.68. The highest BCUT2D eigenvalue weighted by Gasteiger charge is 2.53. The summed E-state index contributed by atoms with van der Waals surface area (Å²) >= 11 is 0. The Morgan fingerprint density at radius 2 is 0.887 bits per heavy atom. The summed E-state index contributed by atoms with van der Waals surface area (Å²) in [6.45, 7) is 0. The van der Waals surface area contributed by atoms with Crippen molar-refractivity contribution in [1.82, 2.24) is 0 Å². The van der Waals surface area contributed by atoms with Crippen LogP contribution >= 0.6 is 0 Å². The molecule has 0 N–H and O–H groups in total. The summed E-state index contributed by atoms with van der Waals surface area (Å²) < 4.78 is 0. The minimum atomic E-state index is -0.343. The van der Waals surface area contributed by atoms with E-state index in [-0.39, 0.29) is 5.41 Å². The van der Waals surface area contributed by atoms with Gasteiger partial charge in [0.2, 0.25) is 0 Å². The van der Waals surface area contributed by atoms with Crippen molar-refractivity contribution in [3.8, 4) is 44.5 Å². The molecule has 0 heterocycles. The van der Waals surface area contributed by atoms with Crippen molar-refractivity contribution in [2.45, 2.75) is 31.1 Å². The predicted octanol–water partition coefficient (Wildman–Crippen LogP) is 16.0. The number of allylic oxidation sites excluding steroid dienone is 8. The Morgan fingerprint density at radius 3 is 1.55 bits per heavy atom. The molecular formula is C61H45N. The summed E-state index contributed by atoms with van der Waals surface area (Å²) in [5.41, 5.74) is 24.8. The van der Waals surface area contributed by atoms with E-state index >= 15 is 0 Å². The Balaban J connectivity index is 0.984. The second-order valence-corrected chi connectivity index (χ2v) is 17.0. The molecule has 0 aliphatic heterocycles. The van der Waals surface area contributed by atoms with Crippen molar-refractivity contribution in [2.75, 3.05) is 4.90 Å². The van der Waals surface area contributed by atoms with Gasteiger partial charge in [0.1, 0.15) is 0 Å². The SMILES string of the molecule is C1=CC2=C(CC1)C1(c3ccccc3-c3c(-c4ccc(N(C5=CC=C(c6ccccc6)CC5)c5ccc(-c6ccccc6)cc5)cc4)cccc31)c1cccc(-c3ccccc3)c12. The first-order valence-electron chi connectivity index (χ1n) is 22.1. The van der Waals surface area contributed by atoms with Crippen molar-refractivity contribution in [2.24, 2.45) is 0 Å². The van der Waals surface area contributed by atoms with Crippen LogP contribution in [-0.4, -0.2) is 0 Å². The molecule has 0 fully saturated rings. The highest BCUT2D eigenvalue weighted by atomic mass is 15.1. The molecule has 1 heteroatoms. The zero-order valence-corrected chi connectivity index (χ0v) is 34.6. The summed E-state index contributed by atoms with van der Waals surface area (Å²) in [5.74, 6) is 0. The predicted molar refractivity (Wildman–Crippen MR) is 260 cm³/mol. The summed E-state index contributed by atoms with van der Waals surface area (Å²) in [7, 11) is 0. The van der Waals surface area contributed by atoms with E-state index in [0.29, 0.717) is 0 Å². The van der Waals surface area contributed by atoms with E-state index in [2.05, 4.69) is 229 Å². The molecule has 1 nitrogen and oxygen atoms in total. The van der Waals surface area contributed by atoms with E-state index < -0.39 is 0 Å². The monoisotopic (exact) mass is 791 g/mol. The fourth-order valence-electron chi connectivity index (χ4n) is 11.1. The van der Waals surface area contributed by atoms with Gasteiger partial charge in [-0.2, -0.15) is 0 Å². The molecule has 0 radical (unpaired) electrons. The van der Waals surface area contributed by atoms with Gasteiger partial charge < -0.3 is 4.90 Å². The van der Waals surface area contributed by atoms with Crippen LogP contribution in [0.25, 0.3) is 55.7 Å². The normalized spacial score (nSPS) is 16.9. The van der Waals surface area contributed by atoms with Gasteiger partial charge in [-0.05, 0) is 145 Å². The number of fused-ring (bicyclic) bond motifs is 9. The molecule has 0 bridgehead atoms. The van der Waals surface area contributed by atoms with Crippen LogP contribution in [0, 0.1) is 0 Å². The fourth-order valence-corrected chi connectivity index (χ4v) is 11.1. The quantitative estimate of drug-likeness (QED) is 0.155. The van der Waals surface area contributed by atoms with Crippen LogP contribution in [0.1, 0.15) is 53.5 Å². The zero-order valence-electron chi connectivity index (χ0n) is 34.6. The maximum atomic E-state index is 2.46. The lowest BCUT2D eigenvalue weighted by Crippen LogP contribution is -2.27. The molecule has 62 heavy (non-hydrogen) atoms. The maximum absolute atomic E-state index is 2.46. The summed E-state index contributed by atoms with van der Waals surface area (Å²) in [6.07, 6.45) is 13.5. The van der Waals surface area contributed by atoms with E-state index in [1.54, 1.807) is 0 Å². The van der Waals surface area contributed by atoms with Crippen molar-refractivity contribution in [3.05, 3.63) is 264 Å². The first-order chi connectivity index (χ1) is 30.8. The van der Waals surface area contributed by atoms with Crippen LogP contribution in [0.3, 0.4) is 0 Å². The van der Waals surface area contributed by atoms with E-state index in [1.165, 1.54) is 94.7 Å². The van der Waals surface area contributed by atoms with E-state index in [1.807, 2.05) is 0 Å². The van der Waals surface area contributed by atoms with Crippen LogP contribution in [-0.2, 0) is 5.41 Å². The highest BCUT2D eigenvalue weighted by Crippen LogP contribution is 2.65. The topological polar surface area (TPSA) is 3.24 Å². The lowest BCUT2D eigenvalue weighted by molar-refractivity contribution is 0.714. The average molecular weight is 792 g/mol. The molecule has 1 spiro atoms. The fraction of sp³-hybridized carbons (Fsp3) is 0.0820. The van der Waals surface area contributed by atoms with Gasteiger partial charge in [0, 0.05) is 17.1 Å². The van der Waals surface area contributed by atoms with Gasteiger partial charge in [-0.3, -0.25) is 0 Å². The van der Waals surface area contributed by atoms with E-state index in [9.17, 15) is 0 Å². The summed E-state index contributed by atoms with van der Waals surface area (Å²) in [6, 6.07) is 74.2. The molecule has 4 aliphatic carbocycles. The van der Waals surface area contributed by atoms with Crippen molar-refractivity contribution < 1.29 is 0 Å². The maximum Gasteiger partial charge on any atom is 0.0689 e. The number of nitrogens with zero attached hydrogens (tertiary/aromatic N) is 1. The Morgan fingerprint density at radius 1 is 0.371 bits per heavy atom. The highest BCUT2D eigenvalue weighted by molar-refractivity contribution is 6.03. The standard InChI is InChI=1S/C61H45N/c1-4-16-42(17-5-1)44-30-36-48(37-31-44)62(49-38-32-45(33-39-49)43-18-6-2-7-19-43)50-40-34-47(35-41-50)52-25-15-29-58-60(52)54-23-11-13-27-56(54)61(58)55-26-12-10-22-53(55)59-51(24-14-28-57(59)61)46-20-8-3-9-21-46/h1-11,13-25,27-32,34-38,40-41H,12,26,33,39H2. The van der Waals surface area contributed by atoms with Crippen molar-refractivity contribution in [1.29, 1.82) is 0 Å². The number of benzene rings is 8. The molecule has 1 atom stereocenters. The molecule has 4 aliphatic rings. The minimum absolute atomic E-state index is 0.343. The zero-order chi connectivity index (χ0) is 41.0. The molecule has 0 saturated heterocycles. The van der Waals surface area contributed by atoms with Gasteiger partial charge in [0.05, 0.1) is 5.41 Å². The third kappa shape index (κ3) is 5.69. The first kappa shape index (κ1) is 36.4.